The van der Waals surface area contributed by atoms with E-state index in [1.807, 2.05) is 0 Å². The molecule has 0 aliphatic carbocycles. The molecule has 1 aliphatic rings. The molecular weight excluding hydrogens is 316 g/mol. The van der Waals surface area contributed by atoms with E-state index in [4.69, 9.17) is 4.74 Å². The van der Waals surface area contributed by atoms with Gasteiger partial charge >= 0.3 is 0 Å². The molecule has 1 fully saturated rings. The molecule has 2 aromatic carbocycles. The second kappa shape index (κ2) is 9.23. The molecule has 1 atom stereocenters. The molecule has 4 heteroatoms. The molecule has 1 N–H and O–H groups in total. The van der Waals surface area contributed by atoms with Gasteiger partial charge in [-0.2, -0.15) is 0 Å². The van der Waals surface area contributed by atoms with Crippen molar-refractivity contribution in [3.63, 3.8) is 0 Å². The molecule has 128 valence electrons. The van der Waals surface area contributed by atoms with Gasteiger partial charge in [-0.25, -0.2) is 0 Å². The number of nitrogens with one attached hydrogen (secondary N) is 1. The van der Waals surface area contributed by atoms with Gasteiger partial charge in [0, 0.05) is 37.1 Å². The van der Waals surface area contributed by atoms with Crippen LogP contribution < -0.4 is 5.32 Å². The SMILES string of the molecule is CSc1ccc(CNCC(c2ccccc2)N2CCOCC2)cc1. The maximum absolute atomic E-state index is 5.52. The second-order valence-electron chi connectivity index (χ2n) is 6.05. The summed E-state index contributed by atoms with van der Waals surface area (Å²) in [5.41, 5.74) is 2.71. The number of thioether (sulfide) groups is 1. The third-order valence-corrected chi connectivity index (χ3v) is 5.24. The van der Waals surface area contributed by atoms with E-state index >= 15 is 0 Å². The Labute approximate surface area is 149 Å². The van der Waals surface area contributed by atoms with E-state index in [0.717, 1.165) is 39.4 Å². The van der Waals surface area contributed by atoms with Crippen LogP contribution in [0.25, 0.3) is 0 Å². The molecule has 1 aliphatic heterocycles. The summed E-state index contributed by atoms with van der Waals surface area (Å²) in [6, 6.07) is 20.0. The summed E-state index contributed by atoms with van der Waals surface area (Å²) >= 11 is 1.78. The Morgan fingerprint density at radius 1 is 1.04 bits per heavy atom. The zero-order valence-electron chi connectivity index (χ0n) is 14.3. The number of ether oxygens (including phenoxy) is 1. The van der Waals surface area contributed by atoms with Gasteiger partial charge < -0.3 is 10.1 Å². The number of morpholine rings is 1. The number of hydrogen-bond acceptors (Lipinski definition) is 4. The molecule has 24 heavy (non-hydrogen) atoms. The summed E-state index contributed by atoms with van der Waals surface area (Å²) in [5.74, 6) is 0. The number of benzene rings is 2. The van der Waals surface area contributed by atoms with E-state index < -0.39 is 0 Å². The number of hydrogen-bond donors (Lipinski definition) is 1. The molecule has 0 saturated carbocycles. The minimum absolute atomic E-state index is 0.403. The molecule has 0 spiro atoms. The van der Waals surface area contributed by atoms with E-state index in [2.05, 4.69) is 71.1 Å². The summed E-state index contributed by atoms with van der Waals surface area (Å²) in [4.78, 5) is 3.84. The van der Waals surface area contributed by atoms with Gasteiger partial charge in [0.05, 0.1) is 13.2 Å². The lowest BCUT2D eigenvalue weighted by atomic mass is 10.0. The first kappa shape index (κ1) is 17.5. The van der Waals surface area contributed by atoms with Crippen molar-refractivity contribution in [2.24, 2.45) is 0 Å². The summed E-state index contributed by atoms with van der Waals surface area (Å²) in [7, 11) is 0. The van der Waals surface area contributed by atoms with Crippen LogP contribution in [0, 0.1) is 0 Å². The van der Waals surface area contributed by atoms with Crippen LogP contribution in [0.1, 0.15) is 17.2 Å². The highest BCUT2D eigenvalue weighted by molar-refractivity contribution is 7.98. The van der Waals surface area contributed by atoms with Crippen molar-refractivity contribution in [2.75, 3.05) is 39.1 Å². The van der Waals surface area contributed by atoms with Crippen LogP contribution in [-0.2, 0) is 11.3 Å². The van der Waals surface area contributed by atoms with E-state index in [1.165, 1.54) is 16.0 Å². The highest BCUT2D eigenvalue weighted by atomic mass is 32.2. The Bertz CT molecular complexity index is 597. The molecular formula is C20H26N2OS. The van der Waals surface area contributed by atoms with E-state index in [9.17, 15) is 0 Å². The van der Waals surface area contributed by atoms with Crippen LogP contribution in [0.5, 0.6) is 0 Å². The molecule has 1 heterocycles. The van der Waals surface area contributed by atoms with Crippen LogP contribution in [0.3, 0.4) is 0 Å². The highest BCUT2D eigenvalue weighted by Gasteiger charge is 2.22. The Hall–Kier alpha value is -1.33. The maximum atomic E-state index is 5.52. The van der Waals surface area contributed by atoms with Crippen LogP contribution >= 0.6 is 11.8 Å². The minimum atomic E-state index is 0.403. The molecule has 0 radical (unpaired) electrons. The zero-order chi connectivity index (χ0) is 16.6. The van der Waals surface area contributed by atoms with E-state index in [0.29, 0.717) is 6.04 Å². The molecule has 0 amide bonds. The largest absolute Gasteiger partial charge is 0.379 e. The van der Waals surface area contributed by atoms with Crippen LogP contribution in [0.2, 0.25) is 0 Å². The fraction of sp³-hybridized carbons (Fsp3) is 0.400. The highest BCUT2D eigenvalue weighted by Crippen LogP contribution is 2.21. The van der Waals surface area contributed by atoms with Gasteiger partial charge in [0.15, 0.2) is 0 Å². The van der Waals surface area contributed by atoms with Gasteiger partial charge in [-0.1, -0.05) is 42.5 Å². The van der Waals surface area contributed by atoms with Gasteiger partial charge in [-0.05, 0) is 29.5 Å². The van der Waals surface area contributed by atoms with Crippen molar-refractivity contribution in [1.29, 1.82) is 0 Å². The standard InChI is InChI=1S/C20H26N2OS/c1-24-19-9-7-17(8-10-19)15-21-16-20(18-5-3-2-4-6-18)22-11-13-23-14-12-22/h2-10,20-21H,11-16H2,1H3. The van der Waals surface area contributed by atoms with E-state index in [-0.39, 0.29) is 0 Å². The van der Waals surface area contributed by atoms with Crippen molar-refractivity contribution >= 4 is 11.8 Å². The Kier molecular flexibility index (Phi) is 6.73. The number of nitrogens with zero attached hydrogens (tertiary/aromatic N) is 1. The van der Waals surface area contributed by atoms with Crippen LogP contribution in [-0.4, -0.2) is 44.0 Å². The molecule has 3 rings (SSSR count). The normalized spacial score (nSPS) is 16.9. The molecule has 3 nitrogen and oxygen atoms in total. The summed E-state index contributed by atoms with van der Waals surface area (Å²) in [6.45, 7) is 5.53. The lowest BCUT2D eigenvalue weighted by molar-refractivity contribution is 0.0161. The van der Waals surface area contributed by atoms with E-state index in [1.54, 1.807) is 11.8 Å². The van der Waals surface area contributed by atoms with Crippen molar-refractivity contribution in [3.8, 4) is 0 Å². The third-order valence-electron chi connectivity index (χ3n) is 4.50. The van der Waals surface area contributed by atoms with Crippen molar-refractivity contribution in [1.82, 2.24) is 10.2 Å². The minimum Gasteiger partial charge on any atom is -0.379 e. The smallest absolute Gasteiger partial charge is 0.0594 e. The van der Waals surface area contributed by atoms with Gasteiger partial charge in [0.2, 0.25) is 0 Å². The van der Waals surface area contributed by atoms with Crippen LogP contribution in [0.15, 0.2) is 59.5 Å². The summed E-state index contributed by atoms with van der Waals surface area (Å²) in [6.07, 6.45) is 2.11. The Balaban J connectivity index is 1.60. The molecule has 1 saturated heterocycles. The topological polar surface area (TPSA) is 24.5 Å². The first-order chi connectivity index (χ1) is 11.9. The zero-order valence-corrected chi connectivity index (χ0v) is 15.1. The monoisotopic (exact) mass is 342 g/mol. The van der Waals surface area contributed by atoms with Crippen molar-refractivity contribution in [3.05, 3.63) is 65.7 Å². The average molecular weight is 343 g/mol. The summed E-state index contributed by atoms with van der Waals surface area (Å²) < 4.78 is 5.52. The third kappa shape index (κ3) is 4.84. The van der Waals surface area contributed by atoms with Gasteiger partial charge in [0.25, 0.3) is 0 Å². The predicted molar refractivity (Wildman–Crippen MR) is 102 cm³/mol. The Morgan fingerprint density at radius 3 is 2.42 bits per heavy atom. The quantitative estimate of drug-likeness (QED) is 0.778. The molecule has 1 unspecified atom stereocenters. The molecule has 2 aromatic rings. The predicted octanol–water partition coefficient (Wildman–Crippen LogP) is 3.57. The lowest BCUT2D eigenvalue weighted by Crippen LogP contribution is -2.42. The first-order valence-corrected chi connectivity index (χ1v) is 9.79. The fourth-order valence-corrected chi connectivity index (χ4v) is 3.53. The Morgan fingerprint density at radius 2 is 1.75 bits per heavy atom. The maximum Gasteiger partial charge on any atom is 0.0594 e. The van der Waals surface area contributed by atoms with Gasteiger partial charge in [-0.3, -0.25) is 4.90 Å². The van der Waals surface area contributed by atoms with Gasteiger partial charge in [-0.15, -0.1) is 11.8 Å². The second-order valence-corrected chi connectivity index (χ2v) is 6.93. The van der Waals surface area contributed by atoms with Crippen molar-refractivity contribution in [2.45, 2.75) is 17.5 Å². The molecule has 0 bridgehead atoms. The first-order valence-electron chi connectivity index (χ1n) is 8.57. The van der Waals surface area contributed by atoms with Crippen LogP contribution in [0.4, 0.5) is 0 Å². The average Bonchev–Trinajstić information content (AvgIpc) is 2.67. The molecule has 0 aromatic heterocycles. The fourth-order valence-electron chi connectivity index (χ4n) is 3.12. The number of rotatable bonds is 7. The lowest BCUT2D eigenvalue weighted by Gasteiger charge is -2.35. The summed E-state index contributed by atoms with van der Waals surface area (Å²) in [5, 5.41) is 3.65. The van der Waals surface area contributed by atoms with Crippen molar-refractivity contribution < 1.29 is 4.74 Å². The van der Waals surface area contributed by atoms with Gasteiger partial charge in [0.1, 0.15) is 0 Å².